The number of rotatable bonds is 7. The number of carbonyl (C=O) groups is 1. The minimum Gasteiger partial charge on any atom is -0.461 e. The van der Waals surface area contributed by atoms with Gasteiger partial charge in [-0.1, -0.05) is 60.6 Å². The van der Waals surface area contributed by atoms with Crippen LogP contribution in [0.15, 0.2) is 66.7 Å². The Morgan fingerprint density at radius 3 is 2.43 bits per heavy atom. The van der Waals surface area contributed by atoms with Crippen LogP contribution in [0.4, 0.5) is 0 Å². The Bertz CT molecular complexity index is 653. The number of hydrogen-bond acceptors (Lipinski definition) is 3. The molecule has 2 aromatic rings. The summed E-state index contributed by atoms with van der Waals surface area (Å²) in [5.41, 5.74) is 2.74. The molecule has 0 fully saturated rings. The molecule has 0 aromatic heterocycles. The Hall–Kier alpha value is -1.71. The van der Waals surface area contributed by atoms with Crippen molar-refractivity contribution in [1.29, 1.82) is 0 Å². The van der Waals surface area contributed by atoms with E-state index in [2.05, 4.69) is 18.7 Å². The van der Waals surface area contributed by atoms with Crippen molar-refractivity contribution < 1.29 is 9.53 Å². The lowest BCUT2D eigenvalue weighted by Gasteiger charge is -2.17. The molecule has 23 heavy (non-hydrogen) atoms. The molecule has 0 aliphatic rings. The molecule has 2 rings (SSSR count). The van der Waals surface area contributed by atoms with Crippen molar-refractivity contribution in [3.63, 3.8) is 0 Å². The summed E-state index contributed by atoms with van der Waals surface area (Å²) < 4.78 is 5.35. The quantitative estimate of drug-likeness (QED) is 0.493. The Labute approximate surface area is 146 Å². The van der Waals surface area contributed by atoms with E-state index < -0.39 is 0 Å². The van der Waals surface area contributed by atoms with Crippen LogP contribution in [0.25, 0.3) is 0 Å². The normalized spacial score (nSPS) is 11.7. The first-order valence-electron chi connectivity index (χ1n) is 7.30. The number of halogens is 1. The van der Waals surface area contributed by atoms with Crippen molar-refractivity contribution in [2.45, 2.75) is 17.9 Å². The number of hydrogen-bond donors (Lipinski definition) is 0. The highest BCUT2D eigenvalue weighted by Crippen LogP contribution is 2.32. The average Bonchev–Trinajstić information content (AvgIpc) is 2.56. The summed E-state index contributed by atoms with van der Waals surface area (Å²) in [5.74, 6) is 0.489. The Morgan fingerprint density at radius 2 is 1.83 bits per heavy atom. The Kier molecular flexibility index (Phi) is 6.75. The van der Waals surface area contributed by atoms with Crippen LogP contribution in [0, 0.1) is 0 Å². The van der Waals surface area contributed by atoms with Crippen LogP contribution in [-0.2, 0) is 15.3 Å². The molecule has 0 aliphatic heterocycles. The third-order valence-corrected chi connectivity index (χ3v) is 4.81. The summed E-state index contributed by atoms with van der Waals surface area (Å²) in [5, 5.41) is 0.746. The molecule has 1 unspecified atom stereocenters. The van der Waals surface area contributed by atoms with E-state index in [0.29, 0.717) is 17.2 Å². The van der Waals surface area contributed by atoms with Crippen LogP contribution in [0.1, 0.15) is 23.3 Å². The number of ether oxygens (including phenoxy) is 1. The second kappa shape index (κ2) is 8.80. The van der Waals surface area contributed by atoms with Gasteiger partial charge in [-0.05, 0) is 30.2 Å². The maximum absolute atomic E-state index is 11.7. The lowest BCUT2D eigenvalue weighted by Crippen LogP contribution is -2.11. The second-order valence-corrected chi connectivity index (χ2v) is 6.84. The zero-order valence-corrected chi connectivity index (χ0v) is 14.6. The first kappa shape index (κ1) is 17.6. The topological polar surface area (TPSA) is 26.3 Å². The van der Waals surface area contributed by atoms with Crippen LogP contribution >= 0.6 is 23.4 Å². The van der Waals surface area contributed by atoms with Gasteiger partial charge in [-0.15, -0.1) is 11.8 Å². The molecule has 1 atom stereocenters. The summed E-state index contributed by atoms with van der Waals surface area (Å²) in [4.78, 5) is 11.7. The Morgan fingerprint density at radius 1 is 1.17 bits per heavy atom. The lowest BCUT2D eigenvalue weighted by molar-refractivity contribution is -0.138. The molecule has 0 N–H and O–H groups in total. The minimum absolute atomic E-state index is 0.0516. The number of esters is 1. The predicted octanol–water partition coefficient (Wildman–Crippen LogP) is 5.43. The van der Waals surface area contributed by atoms with Crippen molar-refractivity contribution in [3.8, 4) is 0 Å². The summed E-state index contributed by atoms with van der Waals surface area (Å²) in [6.45, 7) is 5.57. The van der Waals surface area contributed by atoms with E-state index in [1.54, 1.807) is 18.7 Å². The van der Waals surface area contributed by atoms with Gasteiger partial charge in [0.1, 0.15) is 6.61 Å². The van der Waals surface area contributed by atoms with Gasteiger partial charge in [0.2, 0.25) is 0 Å². The molecule has 2 aromatic carbocycles. The molecule has 0 spiro atoms. The first-order valence-corrected chi connectivity index (χ1v) is 8.72. The van der Waals surface area contributed by atoms with Gasteiger partial charge in [0.15, 0.2) is 0 Å². The van der Waals surface area contributed by atoms with E-state index in [9.17, 15) is 4.79 Å². The highest BCUT2D eigenvalue weighted by Gasteiger charge is 2.15. The number of thioether (sulfide) groups is 1. The van der Waals surface area contributed by atoms with Gasteiger partial charge in [-0.2, -0.15) is 0 Å². The van der Waals surface area contributed by atoms with Crippen LogP contribution in [0.2, 0.25) is 5.02 Å². The van der Waals surface area contributed by atoms with Crippen molar-refractivity contribution >= 4 is 29.3 Å². The highest BCUT2D eigenvalue weighted by atomic mass is 35.5. The fourth-order valence-electron chi connectivity index (χ4n) is 1.96. The summed E-state index contributed by atoms with van der Waals surface area (Å²) in [7, 11) is 0. The summed E-state index contributed by atoms with van der Waals surface area (Å²) in [6, 6.07) is 17.9. The maximum atomic E-state index is 11.7. The summed E-state index contributed by atoms with van der Waals surface area (Å²) in [6.07, 6.45) is 0. The SMILES string of the molecule is C=C(C)C(=O)OCC(SCc1ccccc1)c1ccc(Cl)cc1. The van der Waals surface area contributed by atoms with Gasteiger partial charge in [0.05, 0.1) is 5.25 Å². The fraction of sp³-hybridized carbons (Fsp3) is 0.211. The summed E-state index contributed by atoms with van der Waals surface area (Å²) >= 11 is 7.69. The van der Waals surface area contributed by atoms with Crippen molar-refractivity contribution in [2.24, 2.45) is 0 Å². The average molecular weight is 347 g/mol. The van der Waals surface area contributed by atoms with Crippen molar-refractivity contribution in [1.82, 2.24) is 0 Å². The zero-order valence-electron chi connectivity index (χ0n) is 13.0. The number of carbonyl (C=O) groups excluding carboxylic acids is 1. The van der Waals surface area contributed by atoms with E-state index in [-0.39, 0.29) is 11.2 Å². The standard InChI is InChI=1S/C19H19ClO2S/c1-14(2)19(21)22-12-18(16-8-10-17(20)11-9-16)23-13-15-6-4-3-5-7-15/h3-11,18H,1,12-13H2,2H3. The van der Waals surface area contributed by atoms with E-state index >= 15 is 0 Å². The molecule has 0 amide bonds. The van der Waals surface area contributed by atoms with Crippen LogP contribution in [-0.4, -0.2) is 12.6 Å². The lowest BCUT2D eigenvalue weighted by atomic mass is 10.1. The molecule has 0 bridgehead atoms. The molecule has 0 heterocycles. The molecule has 0 saturated carbocycles. The van der Waals surface area contributed by atoms with Gasteiger partial charge >= 0.3 is 5.97 Å². The smallest absolute Gasteiger partial charge is 0.333 e. The molecule has 0 radical (unpaired) electrons. The molecule has 0 aliphatic carbocycles. The van der Waals surface area contributed by atoms with E-state index in [1.165, 1.54) is 5.56 Å². The second-order valence-electron chi connectivity index (χ2n) is 5.22. The van der Waals surface area contributed by atoms with Crippen molar-refractivity contribution in [3.05, 3.63) is 82.9 Å². The van der Waals surface area contributed by atoms with E-state index in [4.69, 9.17) is 16.3 Å². The van der Waals surface area contributed by atoms with Gasteiger partial charge in [-0.25, -0.2) is 4.79 Å². The van der Waals surface area contributed by atoms with E-state index in [0.717, 1.165) is 11.3 Å². The minimum atomic E-state index is -0.357. The molecule has 2 nitrogen and oxygen atoms in total. The Balaban J connectivity index is 2.05. The monoisotopic (exact) mass is 346 g/mol. The third-order valence-electron chi connectivity index (χ3n) is 3.25. The predicted molar refractivity (Wildman–Crippen MR) is 97.7 cm³/mol. The van der Waals surface area contributed by atoms with Gasteiger partial charge in [0.25, 0.3) is 0 Å². The highest BCUT2D eigenvalue weighted by molar-refractivity contribution is 7.98. The molecular weight excluding hydrogens is 328 g/mol. The van der Waals surface area contributed by atoms with Crippen LogP contribution in [0.3, 0.4) is 0 Å². The van der Waals surface area contributed by atoms with Gasteiger partial charge < -0.3 is 4.74 Å². The van der Waals surface area contributed by atoms with Crippen LogP contribution in [0.5, 0.6) is 0 Å². The van der Waals surface area contributed by atoms with E-state index in [1.807, 2.05) is 42.5 Å². The third kappa shape index (κ3) is 5.77. The largest absolute Gasteiger partial charge is 0.461 e. The molecule has 120 valence electrons. The first-order chi connectivity index (χ1) is 11.1. The molecular formula is C19H19ClO2S. The number of benzene rings is 2. The van der Waals surface area contributed by atoms with Crippen LogP contribution < -0.4 is 0 Å². The zero-order chi connectivity index (χ0) is 16.7. The van der Waals surface area contributed by atoms with Gasteiger partial charge in [0, 0.05) is 16.3 Å². The maximum Gasteiger partial charge on any atom is 0.333 e. The van der Waals surface area contributed by atoms with Gasteiger partial charge in [-0.3, -0.25) is 0 Å². The van der Waals surface area contributed by atoms with Crippen molar-refractivity contribution in [2.75, 3.05) is 6.61 Å². The molecule has 4 heteroatoms. The molecule has 0 saturated heterocycles. The fourth-order valence-corrected chi connectivity index (χ4v) is 3.19.